The molecule has 2 aliphatic rings. The van der Waals surface area contributed by atoms with Crippen molar-refractivity contribution >= 4 is 5.91 Å². The summed E-state index contributed by atoms with van der Waals surface area (Å²) < 4.78 is 22.9. The number of carbonyl (C=O) groups excluding carboxylic acids is 1. The van der Waals surface area contributed by atoms with Crippen molar-refractivity contribution in [2.45, 2.75) is 376 Å². The minimum atomic E-state index is -1.80. The third-order valence-corrected chi connectivity index (χ3v) is 18.0. The third kappa shape index (κ3) is 45.9. The molecule has 12 unspecified atom stereocenters. The van der Waals surface area contributed by atoms with Gasteiger partial charge in [-0.15, -0.1) is 0 Å². The molecule has 2 fully saturated rings. The van der Waals surface area contributed by atoms with E-state index in [0.29, 0.717) is 12.8 Å². The van der Waals surface area contributed by atoms with Crippen molar-refractivity contribution in [2.24, 2.45) is 0 Å². The van der Waals surface area contributed by atoms with Gasteiger partial charge in [0.2, 0.25) is 5.91 Å². The first kappa shape index (κ1) is 86.0. The molecule has 9 N–H and O–H groups in total. The number of hydrogen-bond acceptors (Lipinski definition) is 13. The van der Waals surface area contributed by atoms with Crippen LogP contribution in [0.3, 0.4) is 0 Å². The molecule has 14 nitrogen and oxygen atoms in total. The normalized spacial score (nSPS) is 23.1. The van der Waals surface area contributed by atoms with E-state index in [9.17, 15) is 45.6 Å². The van der Waals surface area contributed by atoms with Gasteiger partial charge in [0, 0.05) is 6.42 Å². The van der Waals surface area contributed by atoms with Crippen molar-refractivity contribution in [1.29, 1.82) is 0 Å². The first-order valence-corrected chi connectivity index (χ1v) is 38.0. The number of aliphatic hydroxyl groups is 8. The van der Waals surface area contributed by atoms with Crippen LogP contribution >= 0.6 is 0 Å². The maximum Gasteiger partial charge on any atom is 0.220 e. The Morgan fingerprint density at radius 1 is 0.398 bits per heavy atom. The van der Waals surface area contributed by atoms with Gasteiger partial charge in [0.1, 0.15) is 48.8 Å². The summed E-state index contributed by atoms with van der Waals surface area (Å²) in [6.45, 7) is 2.69. The Morgan fingerprint density at radius 3 is 1.18 bits per heavy atom. The standard InChI is InChI=1S/C79H139NO13/c1-3-5-7-9-11-13-15-17-19-21-23-25-27-29-31-33-34-35-37-39-41-43-45-47-49-51-53-55-57-59-61-63-71(84)80-67(66-90-78-76(89)74(87)77(70(65-82)92-78)93-79-75(88)73(86)72(85)69(64-81)91-79)68(83)62-60-58-56-54-52-50-48-46-44-42-40-38-36-32-30-28-26-24-22-20-18-16-14-12-10-8-6-4-2/h5,7,11,13,17,19,23,25,29,31,44,46,52,54,60,62,67-70,72-79,81-83,85-89H,3-4,6,8-10,12,14-16,18,20-22,24,26-28,30,32-43,45,47-51,53,55-59,61,63-66H2,1-2H3,(H,80,84)/b7-5-,13-11-,19-17-,25-23-,31-29-,46-44+,54-52+,62-60+. The molecule has 93 heavy (non-hydrogen) atoms. The Labute approximate surface area is 566 Å². The summed E-state index contributed by atoms with van der Waals surface area (Å²) in [7, 11) is 0. The van der Waals surface area contributed by atoms with Gasteiger partial charge in [-0.2, -0.15) is 0 Å². The van der Waals surface area contributed by atoms with Crippen LogP contribution in [-0.2, 0) is 23.7 Å². The molecule has 2 saturated heterocycles. The Morgan fingerprint density at radius 2 is 0.753 bits per heavy atom. The molecule has 2 rings (SSSR count). The molecule has 2 aliphatic heterocycles. The molecular formula is C79H139NO13. The molecule has 0 aromatic carbocycles. The molecule has 0 spiro atoms. The van der Waals surface area contributed by atoms with E-state index < -0.39 is 86.8 Å². The van der Waals surface area contributed by atoms with Crippen LogP contribution in [0.25, 0.3) is 0 Å². The quantitative estimate of drug-likeness (QED) is 0.0204. The van der Waals surface area contributed by atoms with E-state index in [1.54, 1.807) is 6.08 Å². The molecule has 12 atom stereocenters. The highest BCUT2D eigenvalue weighted by Gasteiger charge is 2.51. The number of amides is 1. The number of ether oxygens (including phenoxy) is 4. The van der Waals surface area contributed by atoms with Gasteiger partial charge in [-0.1, -0.05) is 304 Å². The predicted molar refractivity (Wildman–Crippen MR) is 383 cm³/mol. The Hall–Kier alpha value is -3.09. The van der Waals surface area contributed by atoms with Crippen LogP contribution in [0.1, 0.15) is 303 Å². The lowest BCUT2D eigenvalue weighted by molar-refractivity contribution is -0.359. The van der Waals surface area contributed by atoms with Crippen molar-refractivity contribution < 1.29 is 64.6 Å². The van der Waals surface area contributed by atoms with E-state index in [2.05, 4.69) is 104 Å². The van der Waals surface area contributed by atoms with E-state index in [-0.39, 0.29) is 18.9 Å². The average molecular weight is 1310 g/mol. The van der Waals surface area contributed by atoms with Crippen molar-refractivity contribution in [3.05, 3.63) is 97.2 Å². The number of unbranched alkanes of at least 4 members (excludes halogenated alkanes) is 35. The van der Waals surface area contributed by atoms with Crippen molar-refractivity contribution in [1.82, 2.24) is 5.32 Å². The SMILES string of the molecule is CC/C=C\C/C=C\C/C=C\C/C=C\C/C=C\CCCCCCCCCCCCCCCCCC(=O)NC(COC1OC(CO)C(OC2OC(CO)C(O)C(O)C2O)C(O)C1O)C(O)/C=C/CC/C=C/CC/C=C/CCCCCCCCCCCCCCCCCCCC. The fourth-order valence-electron chi connectivity index (χ4n) is 12.0. The fraction of sp³-hybridized carbons (Fsp3) is 0.785. The molecule has 0 aromatic rings. The second-order valence-electron chi connectivity index (χ2n) is 26.4. The van der Waals surface area contributed by atoms with Gasteiger partial charge in [0.25, 0.3) is 0 Å². The number of aliphatic hydroxyl groups excluding tert-OH is 8. The first-order valence-electron chi connectivity index (χ1n) is 38.0. The molecular weight excluding hydrogens is 1170 g/mol. The highest BCUT2D eigenvalue weighted by atomic mass is 16.7. The molecule has 1 amide bonds. The number of rotatable bonds is 62. The zero-order valence-electron chi connectivity index (χ0n) is 58.7. The molecule has 0 aliphatic carbocycles. The van der Waals surface area contributed by atoms with Crippen molar-refractivity contribution in [3.8, 4) is 0 Å². The molecule has 0 bridgehead atoms. The maximum atomic E-state index is 13.4. The largest absolute Gasteiger partial charge is 0.394 e. The van der Waals surface area contributed by atoms with Crippen LogP contribution in [-0.4, -0.2) is 140 Å². The van der Waals surface area contributed by atoms with Crippen LogP contribution in [0.15, 0.2) is 97.2 Å². The molecule has 14 heteroatoms. The number of hydrogen-bond donors (Lipinski definition) is 9. The van der Waals surface area contributed by atoms with E-state index in [1.807, 2.05) is 6.08 Å². The van der Waals surface area contributed by atoms with Crippen molar-refractivity contribution in [2.75, 3.05) is 19.8 Å². The molecule has 538 valence electrons. The molecule has 0 saturated carbocycles. The number of allylic oxidation sites excluding steroid dienone is 15. The zero-order chi connectivity index (χ0) is 67.3. The lowest BCUT2D eigenvalue weighted by Gasteiger charge is -2.46. The lowest BCUT2D eigenvalue weighted by Crippen LogP contribution is -2.65. The van der Waals surface area contributed by atoms with E-state index >= 15 is 0 Å². The molecule has 0 radical (unpaired) electrons. The maximum absolute atomic E-state index is 13.4. The van der Waals surface area contributed by atoms with Gasteiger partial charge in [-0.25, -0.2) is 0 Å². The Bertz CT molecular complexity index is 1930. The Kier molecular flexibility index (Phi) is 57.7. The van der Waals surface area contributed by atoms with Crippen LogP contribution in [0.2, 0.25) is 0 Å². The average Bonchev–Trinajstić information content (AvgIpc) is 0.851. The van der Waals surface area contributed by atoms with Gasteiger partial charge in [0.05, 0.1) is 32.0 Å². The van der Waals surface area contributed by atoms with Gasteiger partial charge in [-0.3, -0.25) is 4.79 Å². The number of nitrogens with one attached hydrogen (secondary N) is 1. The highest BCUT2D eigenvalue weighted by molar-refractivity contribution is 5.76. The first-order chi connectivity index (χ1) is 45.6. The summed E-state index contributed by atoms with van der Waals surface area (Å²) in [6, 6.07) is -0.945. The molecule has 2 heterocycles. The summed E-state index contributed by atoms with van der Waals surface area (Å²) in [5.74, 6) is -0.254. The second kappa shape index (κ2) is 62.4. The van der Waals surface area contributed by atoms with Gasteiger partial charge < -0.3 is 65.1 Å². The van der Waals surface area contributed by atoms with Gasteiger partial charge >= 0.3 is 0 Å². The van der Waals surface area contributed by atoms with E-state index in [1.165, 1.54) is 193 Å². The van der Waals surface area contributed by atoms with Crippen molar-refractivity contribution in [3.63, 3.8) is 0 Å². The summed E-state index contributed by atoms with van der Waals surface area (Å²) in [4.78, 5) is 13.4. The third-order valence-electron chi connectivity index (χ3n) is 18.0. The topological polar surface area (TPSA) is 228 Å². The smallest absolute Gasteiger partial charge is 0.220 e. The fourth-order valence-corrected chi connectivity index (χ4v) is 12.0. The highest BCUT2D eigenvalue weighted by Crippen LogP contribution is 2.30. The Balaban J connectivity index is 1.67. The summed E-state index contributed by atoms with van der Waals surface area (Å²) in [5.41, 5.74) is 0. The van der Waals surface area contributed by atoms with E-state index in [0.717, 1.165) is 77.0 Å². The summed E-state index contributed by atoms with van der Waals surface area (Å²) >= 11 is 0. The number of carbonyl (C=O) groups is 1. The van der Waals surface area contributed by atoms with Crippen LogP contribution in [0.5, 0.6) is 0 Å². The summed E-state index contributed by atoms with van der Waals surface area (Å²) in [5, 5.41) is 87.6. The minimum absolute atomic E-state index is 0.254. The van der Waals surface area contributed by atoms with Crippen LogP contribution in [0, 0.1) is 0 Å². The zero-order valence-corrected chi connectivity index (χ0v) is 58.7. The summed E-state index contributed by atoms with van der Waals surface area (Å²) in [6.07, 6.45) is 71.9. The second-order valence-corrected chi connectivity index (χ2v) is 26.4. The van der Waals surface area contributed by atoms with Crippen LogP contribution in [0.4, 0.5) is 0 Å². The minimum Gasteiger partial charge on any atom is -0.394 e. The van der Waals surface area contributed by atoms with Crippen LogP contribution < -0.4 is 5.32 Å². The molecule has 0 aromatic heterocycles. The van der Waals surface area contributed by atoms with Gasteiger partial charge in [0.15, 0.2) is 12.6 Å². The predicted octanol–water partition coefficient (Wildman–Crippen LogP) is 16.5. The van der Waals surface area contributed by atoms with E-state index in [4.69, 9.17) is 18.9 Å². The monoisotopic (exact) mass is 1310 g/mol. The van der Waals surface area contributed by atoms with Gasteiger partial charge in [-0.05, 0) is 89.9 Å². The lowest BCUT2D eigenvalue weighted by atomic mass is 9.97.